The first-order chi connectivity index (χ1) is 14.3. The summed E-state index contributed by atoms with van der Waals surface area (Å²) in [6, 6.07) is 10.5. The van der Waals surface area contributed by atoms with Crippen molar-refractivity contribution in [1.82, 2.24) is 9.97 Å². The molecular formula is C26H31N3O. The Bertz CT molecular complexity index is 1090. The molecule has 156 valence electrons. The third kappa shape index (κ3) is 3.19. The van der Waals surface area contributed by atoms with Crippen LogP contribution in [0.1, 0.15) is 56.0 Å². The number of aromatic amines is 1. The molecule has 0 bridgehead atoms. The van der Waals surface area contributed by atoms with Gasteiger partial charge in [0, 0.05) is 35.6 Å². The fourth-order valence-corrected chi connectivity index (χ4v) is 5.10. The van der Waals surface area contributed by atoms with Gasteiger partial charge in [-0.2, -0.15) is 0 Å². The van der Waals surface area contributed by atoms with E-state index < -0.39 is 0 Å². The van der Waals surface area contributed by atoms with Crippen LogP contribution in [0.2, 0.25) is 0 Å². The van der Waals surface area contributed by atoms with Gasteiger partial charge in [-0.05, 0) is 85.0 Å². The molecule has 3 aromatic rings. The maximum Gasteiger partial charge on any atom is 0.138 e. The molecule has 30 heavy (non-hydrogen) atoms. The highest BCUT2D eigenvalue weighted by molar-refractivity contribution is 5.75. The molecule has 0 radical (unpaired) electrons. The lowest BCUT2D eigenvalue weighted by Crippen LogP contribution is -2.34. The predicted molar refractivity (Wildman–Crippen MR) is 123 cm³/mol. The number of hydrogen-bond acceptors (Lipinski definition) is 3. The first kappa shape index (κ1) is 19.2. The van der Waals surface area contributed by atoms with Crippen LogP contribution >= 0.6 is 0 Å². The van der Waals surface area contributed by atoms with E-state index in [9.17, 15) is 5.11 Å². The quantitative estimate of drug-likeness (QED) is 0.574. The van der Waals surface area contributed by atoms with Crippen molar-refractivity contribution in [3.63, 3.8) is 0 Å². The minimum atomic E-state index is -0.127. The molecule has 0 aliphatic carbocycles. The van der Waals surface area contributed by atoms with E-state index in [2.05, 4.69) is 55.8 Å². The van der Waals surface area contributed by atoms with E-state index in [1.807, 2.05) is 6.07 Å². The fourth-order valence-electron chi connectivity index (χ4n) is 5.10. The molecule has 0 fully saturated rings. The van der Waals surface area contributed by atoms with E-state index in [1.54, 1.807) is 6.07 Å². The monoisotopic (exact) mass is 401 g/mol. The van der Waals surface area contributed by atoms with Gasteiger partial charge in [0.05, 0.1) is 5.69 Å². The zero-order valence-electron chi connectivity index (χ0n) is 18.5. The van der Waals surface area contributed by atoms with E-state index in [0.717, 1.165) is 41.2 Å². The summed E-state index contributed by atoms with van der Waals surface area (Å²) in [7, 11) is 0. The first-order valence-corrected chi connectivity index (χ1v) is 11.1. The zero-order chi connectivity index (χ0) is 21.0. The maximum absolute atomic E-state index is 10.3. The summed E-state index contributed by atoms with van der Waals surface area (Å²) in [6.45, 7) is 10.9. The summed E-state index contributed by atoms with van der Waals surface area (Å²) in [5.74, 6) is 1.20. The van der Waals surface area contributed by atoms with Crippen molar-refractivity contribution >= 4 is 5.69 Å². The topological polar surface area (TPSA) is 52.1 Å². The number of phenols is 1. The van der Waals surface area contributed by atoms with Gasteiger partial charge < -0.3 is 15.0 Å². The summed E-state index contributed by atoms with van der Waals surface area (Å²) >= 11 is 0. The Kier molecular flexibility index (Phi) is 4.42. The molecule has 1 aromatic heterocycles. The van der Waals surface area contributed by atoms with E-state index in [-0.39, 0.29) is 5.41 Å². The van der Waals surface area contributed by atoms with Crippen molar-refractivity contribution < 1.29 is 5.11 Å². The minimum Gasteiger partial charge on any atom is -0.508 e. The third-order valence-corrected chi connectivity index (χ3v) is 6.57. The Morgan fingerprint density at radius 2 is 1.63 bits per heavy atom. The van der Waals surface area contributed by atoms with Gasteiger partial charge in [-0.3, -0.25) is 0 Å². The molecule has 0 saturated carbocycles. The highest BCUT2D eigenvalue weighted by Crippen LogP contribution is 2.39. The molecule has 0 amide bonds. The number of aryl methyl sites for hydroxylation is 3. The number of benzene rings is 2. The molecule has 2 aromatic carbocycles. The van der Waals surface area contributed by atoms with Gasteiger partial charge in [-0.1, -0.05) is 20.8 Å². The molecule has 0 unspecified atom stereocenters. The molecule has 0 atom stereocenters. The van der Waals surface area contributed by atoms with Gasteiger partial charge in [0.15, 0.2) is 0 Å². The van der Waals surface area contributed by atoms with Crippen molar-refractivity contribution in [3.05, 3.63) is 52.7 Å². The van der Waals surface area contributed by atoms with Crippen molar-refractivity contribution in [3.8, 4) is 28.4 Å². The molecular weight excluding hydrogens is 370 g/mol. The number of imidazole rings is 1. The van der Waals surface area contributed by atoms with Crippen molar-refractivity contribution in [2.75, 3.05) is 18.0 Å². The van der Waals surface area contributed by atoms with Crippen LogP contribution in [0.25, 0.3) is 22.6 Å². The number of nitrogens with one attached hydrogen (secondary N) is 1. The Morgan fingerprint density at radius 3 is 2.27 bits per heavy atom. The summed E-state index contributed by atoms with van der Waals surface area (Å²) in [5, 5.41) is 10.3. The van der Waals surface area contributed by atoms with Gasteiger partial charge >= 0.3 is 0 Å². The number of phenolic OH excluding ortho intramolecular Hbond substituents is 1. The summed E-state index contributed by atoms with van der Waals surface area (Å²) in [4.78, 5) is 11.1. The van der Waals surface area contributed by atoms with E-state index in [0.29, 0.717) is 5.75 Å². The largest absolute Gasteiger partial charge is 0.508 e. The average Bonchev–Trinajstić information content (AvgIpc) is 3.09. The Hall–Kier alpha value is -2.75. The second kappa shape index (κ2) is 6.90. The molecule has 2 aliphatic heterocycles. The zero-order valence-corrected chi connectivity index (χ0v) is 18.5. The molecule has 0 saturated heterocycles. The molecule has 2 N–H and O–H groups in total. The number of anilines is 1. The lowest BCUT2D eigenvalue weighted by atomic mass is 9.85. The first-order valence-electron chi connectivity index (χ1n) is 11.1. The second-order valence-corrected chi connectivity index (χ2v) is 9.88. The molecule has 2 aliphatic rings. The number of aromatic nitrogens is 2. The number of H-pyrrole nitrogens is 1. The smallest absolute Gasteiger partial charge is 0.138 e. The van der Waals surface area contributed by atoms with E-state index in [4.69, 9.17) is 4.98 Å². The lowest BCUT2D eigenvalue weighted by molar-refractivity contribution is 0.447. The molecule has 0 spiro atoms. The van der Waals surface area contributed by atoms with Crippen LogP contribution in [0.3, 0.4) is 0 Å². The molecule has 4 heteroatoms. The van der Waals surface area contributed by atoms with Crippen LogP contribution in [-0.2, 0) is 18.3 Å². The van der Waals surface area contributed by atoms with Gasteiger partial charge in [-0.15, -0.1) is 0 Å². The van der Waals surface area contributed by atoms with E-state index in [1.165, 1.54) is 48.3 Å². The average molecular weight is 402 g/mol. The van der Waals surface area contributed by atoms with E-state index >= 15 is 0 Å². The van der Waals surface area contributed by atoms with Gasteiger partial charge in [0.25, 0.3) is 0 Å². The van der Waals surface area contributed by atoms with Crippen molar-refractivity contribution in [2.24, 2.45) is 0 Å². The standard InChI is InChI=1S/C26H31N3O/c1-16-23(20-13-17-7-5-11-29-12-6-8-18(14-20)24(17)29)28-25(27-16)19-9-10-22(30)21(15-19)26(2,3)4/h9-10,13-15,30H,5-8,11-12H2,1-4H3,(H,27,28). The highest BCUT2D eigenvalue weighted by Gasteiger charge is 2.25. The number of rotatable bonds is 2. The Balaban J connectivity index is 1.58. The van der Waals surface area contributed by atoms with Crippen LogP contribution in [0, 0.1) is 6.92 Å². The predicted octanol–water partition coefficient (Wildman–Crippen LogP) is 5.75. The SMILES string of the molecule is Cc1[nH]c(-c2ccc(O)c(C(C)(C)C)c2)nc1-c1cc2c3c(c1)CCCN3CCC2. The minimum absolute atomic E-state index is 0.127. The van der Waals surface area contributed by atoms with Crippen molar-refractivity contribution in [2.45, 2.75) is 58.8 Å². The van der Waals surface area contributed by atoms with Gasteiger partial charge in [-0.25, -0.2) is 4.98 Å². The highest BCUT2D eigenvalue weighted by atomic mass is 16.3. The number of nitrogens with zero attached hydrogens (tertiary/aromatic N) is 2. The molecule has 3 heterocycles. The van der Waals surface area contributed by atoms with Gasteiger partial charge in [0.2, 0.25) is 0 Å². The van der Waals surface area contributed by atoms with Gasteiger partial charge in [0.1, 0.15) is 11.6 Å². The third-order valence-electron chi connectivity index (χ3n) is 6.57. The summed E-state index contributed by atoms with van der Waals surface area (Å²) in [5.41, 5.74) is 9.64. The normalized spacial score (nSPS) is 15.9. The lowest BCUT2D eigenvalue weighted by Gasteiger charge is -2.37. The van der Waals surface area contributed by atoms with Crippen LogP contribution in [0.4, 0.5) is 5.69 Å². The number of aromatic hydroxyl groups is 1. The summed E-state index contributed by atoms with van der Waals surface area (Å²) < 4.78 is 0. The van der Waals surface area contributed by atoms with Crippen LogP contribution in [0.5, 0.6) is 5.75 Å². The van der Waals surface area contributed by atoms with Crippen LogP contribution in [-0.4, -0.2) is 28.2 Å². The van der Waals surface area contributed by atoms with Crippen LogP contribution in [0.15, 0.2) is 30.3 Å². The summed E-state index contributed by atoms with van der Waals surface area (Å²) in [6.07, 6.45) is 4.80. The Labute approximate surface area is 179 Å². The Morgan fingerprint density at radius 1 is 0.967 bits per heavy atom. The maximum atomic E-state index is 10.3. The second-order valence-electron chi connectivity index (χ2n) is 9.88. The molecule has 4 nitrogen and oxygen atoms in total. The van der Waals surface area contributed by atoms with Crippen molar-refractivity contribution in [1.29, 1.82) is 0 Å². The van der Waals surface area contributed by atoms with Crippen LogP contribution < -0.4 is 4.90 Å². The fraction of sp³-hybridized carbons (Fsp3) is 0.423. The number of hydrogen-bond donors (Lipinski definition) is 2. The molecule has 5 rings (SSSR count).